The molecular formula is C14H22N2O2. The van der Waals surface area contributed by atoms with Gasteiger partial charge in [-0.25, -0.2) is 0 Å². The second kappa shape index (κ2) is 6.05. The van der Waals surface area contributed by atoms with Crippen LogP contribution in [-0.2, 0) is 11.2 Å². The normalized spacial score (nSPS) is 19.0. The van der Waals surface area contributed by atoms with E-state index < -0.39 is 0 Å². The monoisotopic (exact) mass is 250 g/mol. The van der Waals surface area contributed by atoms with Crippen molar-refractivity contribution in [3.05, 3.63) is 24.2 Å². The van der Waals surface area contributed by atoms with Crippen LogP contribution >= 0.6 is 0 Å². The van der Waals surface area contributed by atoms with Crippen LogP contribution in [0, 0.1) is 11.8 Å². The molecule has 0 bridgehead atoms. The minimum absolute atomic E-state index is 0.109. The van der Waals surface area contributed by atoms with Gasteiger partial charge in [0.2, 0.25) is 5.91 Å². The standard InChI is InChI=1S/C14H22N2O2/c1-10(5-6-13-4-3-7-18-13)16-14(17)11(2)12-8-15-9-12/h3-4,7,10-12,15H,5-6,8-9H2,1-2H3,(H,16,17). The summed E-state index contributed by atoms with van der Waals surface area (Å²) in [5.41, 5.74) is 0. The molecule has 2 rings (SSSR count). The van der Waals surface area contributed by atoms with Crippen molar-refractivity contribution in [1.82, 2.24) is 10.6 Å². The summed E-state index contributed by atoms with van der Waals surface area (Å²) in [4.78, 5) is 12.0. The molecule has 1 amide bonds. The van der Waals surface area contributed by atoms with Gasteiger partial charge in [-0.05, 0) is 44.5 Å². The highest BCUT2D eigenvalue weighted by molar-refractivity contribution is 5.79. The smallest absolute Gasteiger partial charge is 0.223 e. The molecule has 2 N–H and O–H groups in total. The van der Waals surface area contributed by atoms with Crippen molar-refractivity contribution in [3.63, 3.8) is 0 Å². The van der Waals surface area contributed by atoms with Crippen LogP contribution in [-0.4, -0.2) is 25.0 Å². The minimum Gasteiger partial charge on any atom is -0.469 e. The van der Waals surface area contributed by atoms with E-state index in [0.29, 0.717) is 5.92 Å². The molecule has 18 heavy (non-hydrogen) atoms. The Bertz CT molecular complexity index is 371. The van der Waals surface area contributed by atoms with E-state index in [-0.39, 0.29) is 17.9 Å². The first-order valence-electron chi connectivity index (χ1n) is 6.70. The number of carbonyl (C=O) groups excluding carboxylic acids is 1. The van der Waals surface area contributed by atoms with E-state index in [4.69, 9.17) is 4.42 Å². The highest BCUT2D eigenvalue weighted by Crippen LogP contribution is 2.16. The van der Waals surface area contributed by atoms with Gasteiger partial charge in [-0.3, -0.25) is 4.79 Å². The van der Waals surface area contributed by atoms with Gasteiger partial charge in [-0.2, -0.15) is 0 Å². The molecule has 100 valence electrons. The fourth-order valence-electron chi connectivity index (χ4n) is 2.14. The predicted molar refractivity (Wildman–Crippen MR) is 70.2 cm³/mol. The van der Waals surface area contributed by atoms with Gasteiger partial charge >= 0.3 is 0 Å². The molecule has 1 aromatic heterocycles. The third-order valence-electron chi connectivity index (χ3n) is 3.73. The van der Waals surface area contributed by atoms with E-state index in [2.05, 4.69) is 10.6 Å². The van der Waals surface area contributed by atoms with E-state index in [0.717, 1.165) is 31.7 Å². The molecule has 2 heterocycles. The Hall–Kier alpha value is -1.29. The lowest BCUT2D eigenvalue weighted by Gasteiger charge is -2.32. The lowest BCUT2D eigenvalue weighted by atomic mass is 9.88. The summed E-state index contributed by atoms with van der Waals surface area (Å²) in [6.07, 6.45) is 3.47. The Kier molecular flexibility index (Phi) is 4.42. The Morgan fingerprint density at radius 3 is 2.89 bits per heavy atom. The van der Waals surface area contributed by atoms with E-state index >= 15 is 0 Å². The van der Waals surface area contributed by atoms with Crippen LogP contribution in [0.4, 0.5) is 0 Å². The predicted octanol–water partition coefficient (Wildman–Crippen LogP) is 1.57. The maximum absolute atomic E-state index is 12.0. The van der Waals surface area contributed by atoms with Crippen LogP contribution in [0.5, 0.6) is 0 Å². The second-order valence-electron chi connectivity index (χ2n) is 5.23. The lowest BCUT2D eigenvalue weighted by molar-refractivity contribution is -0.127. The maximum atomic E-state index is 12.0. The molecule has 0 aliphatic carbocycles. The molecular weight excluding hydrogens is 228 g/mol. The van der Waals surface area contributed by atoms with Gasteiger partial charge in [0.05, 0.1) is 6.26 Å². The van der Waals surface area contributed by atoms with Crippen LogP contribution in [0.1, 0.15) is 26.0 Å². The minimum atomic E-state index is 0.109. The van der Waals surface area contributed by atoms with Crippen LogP contribution in [0.2, 0.25) is 0 Å². The van der Waals surface area contributed by atoms with Crippen molar-refractivity contribution in [2.75, 3.05) is 13.1 Å². The zero-order valence-corrected chi connectivity index (χ0v) is 11.1. The Balaban J connectivity index is 1.69. The van der Waals surface area contributed by atoms with Crippen molar-refractivity contribution < 1.29 is 9.21 Å². The van der Waals surface area contributed by atoms with Crippen LogP contribution < -0.4 is 10.6 Å². The average molecular weight is 250 g/mol. The number of nitrogens with one attached hydrogen (secondary N) is 2. The Morgan fingerprint density at radius 1 is 1.56 bits per heavy atom. The van der Waals surface area contributed by atoms with Crippen LogP contribution in [0.25, 0.3) is 0 Å². The van der Waals surface area contributed by atoms with Gasteiger partial charge < -0.3 is 15.1 Å². The number of rotatable bonds is 6. The molecule has 1 fully saturated rings. The third kappa shape index (κ3) is 3.35. The molecule has 0 radical (unpaired) electrons. The number of furan rings is 1. The first kappa shape index (κ1) is 13.1. The Labute approximate surface area is 108 Å². The van der Waals surface area contributed by atoms with Crippen molar-refractivity contribution in [2.45, 2.75) is 32.7 Å². The molecule has 2 unspecified atom stereocenters. The largest absolute Gasteiger partial charge is 0.469 e. The van der Waals surface area contributed by atoms with Crippen LogP contribution in [0.15, 0.2) is 22.8 Å². The van der Waals surface area contributed by atoms with E-state index in [1.54, 1.807) is 6.26 Å². The zero-order chi connectivity index (χ0) is 13.0. The average Bonchev–Trinajstić information content (AvgIpc) is 2.76. The molecule has 4 heteroatoms. The van der Waals surface area contributed by atoms with Gasteiger partial charge in [0.15, 0.2) is 0 Å². The van der Waals surface area contributed by atoms with Crippen LogP contribution in [0.3, 0.4) is 0 Å². The van der Waals surface area contributed by atoms with E-state index in [1.165, 1.54) is 0 Å². The SMILES string of the molecule is CC(CCc1ccco1)NC(=O)C(C)C1CNC1. The molecule has 2 atom stereocenters. The topological polar surface area (TPSA) is 54.3 Å². The highest BCUT2D eigenvalue weighted by Gasteiger charge is 2.29. The van der Waals surface area contributed by atoms with Gasteiger partial charge in [-0.15, -0.1) is 0 Å². The lowest BCUT2D eigenvalue weighted by Crippen LogP contribution is -2.50. The van der Waals surface area contributed by atoms with E-state index in [1.807, 2.05) is 26.0 Å². The van der Waals surface area contributed by atoms with Gasteiger partial charge in [0, 0.05) is 18.4 Å². The van der Waals surface area contributed by atoms with Gasteiger partial charge in [0.1, 0.15) is 5.76 Å². The summed E-state index contributed by atoms with van der Waals surface area (Å²) in [6.45, 7) is 6.00. The molecule has 0 saturated carbocycles. The van der Waals surface area contributed by atoms with Gasteiger partial charge in [0.25, 0.3) is 0 Å². The quantitative estimate of drug-likeness (QED) is 0.806. The first-order chi connectivity index (χ1) is 8.66. The fraction of sp³-hybridized carbons (Fsp3) is 0.643. The molecule has 1 saturated heterocycles. The summed E-state index contributed by atoms with van der Waals surface area (Å²) in [5.74, 6) is 1.76. The molecule has 1 aliphatic rings. The zero-order valence-electron chi connectivity index (χ0n) is 11.1. The molecule has 1 aromatic rings. The number of aryl methyl sites for hydroxylation is 1. The summed E-state index contributed by atoms with van der Waals surface area (Å²) < 4.78 is 5.28. The molecule has 0 spiro atoms. The van der Waals surface area contributed by atoms with Crippen molar-refractivity contribution in [2.24, 2.45) is 11.8 Å². The Morgan fingerprint density at radius 2 is 2.33 bits per heavy atom. The van der Waals surface area contributed by atoms with Gasteiger partial charge in [-0.1, -0.05) is 6.92 Å². The molecule has 4 nitrogen and oxygen atoms in total. The summed E-state index contributed by atoms with van der Waals surface area (Å²) in [6, 6.07) is 4.06. The number of carbonyl (C=O) groups is 1. The molecule has 0 aromatic carbocycles. The fourth-order valence-corrected chi connectivity index (χ4v) is 2.14. The number of hydrogen-bond acceptors (Lipinski definition) is 3. The number of hydrogen-bond donors (Lipinski definition) is 2. The molecule has 1 aliphatic heterocycles. The first-order valence-corrected chi connectivity index (χ1v) is 6.70. The van der Waals surface area contributed by atoms with Crippen molar-refractivity contribution in [3.8, 4) is 0 Å². The summed E-state index contributed by atoms with van der Waals surface area (Å²) in [5, 5.41) is 6.28. The van der Waals surface area contributed by atoms with E-state index in [9.17, 15) is 4.79 Å². The van der Waals surface area contributed by atoms with Crippen molar-refractivity contribution >= 4 is 5.91 Å². The second-order valence-corrected chi connectivity index (χ2v) is 5.23. The maximum Gasteiger partial charge on any atom is 0.223 e. The highest BCUT2D eigenvalue weighted by atomic mass is 16.3. The third-order valence-corrected chi connectivity index (χ3v) is 3.73. The van der Waals surface area contributed by atoms with Crippen molar-refractivity contribution in [1.29, 1.82) is 0 Å². The summed E-state index contributed by atoms with van der Waals surface area (Å²) in [7, 11) is 0. The summed E-state index contributed by atoms with van der Waals surface area (Å²) >= 11 is 0. The number of amides is 1.